The zero-order valence-electron chi connectivity index (χ0n) is 9.63. The van der Waals surface area contributed by atoms with E-state index in [1.54, 1.807) is 23.5 Å². The lowest BCUT2D eigenvalue weighted by molar-refractivity contribution is 0.621. The highest BCUT2D eigenvalue weighted by molar-refractivity contribution is 9.10. The van der Waals surface area contributed by atoms with Crippen LogP contribution in [0.3, 0.4) is 0 Å². The molecule has 4 heteroatoms. The molecule has 2 aromatic rings. The average molecular weight is 314 g/mol. The number of hydrogen-bond donors (Lipinski definition) is 1. The van der Waals surface area contributed by atoms with Gasteiger partial charge in [-0.2, -0.15) is 0 Å². The molecule has 0 fully saturated rings. The summed E-state index contributed by atoms with van der Waals surface area (Å²) in [5, 5.41) is 3.35. The van der Waals surface area contributed by atoms with Crippen LogP contribution in [0, 0.1) is 12.7 Å². The number of hydrogen-bond acceptors (Lipinski definition) is 2. The van der Waals surface area contributed by atoms with Gasteiger partial charge < -0.3 is 5.32 Å². The molecule has 0 spiro atoms. The lowest BCUT2D eigenvalue weighted by Crippen LogP contribution is -2.04. The van der Waals surface area contributed by atoms with E-state index in [0.717, 1.165) is 5.69 Å². The summed E-state index contributed by atoms with van der Waals surface area (Å²) in [4.78, 5) is 2.58. The van der Waals surface area contributed by atoms with Gasteiger partial charge in [0.25, 0.3) is 0 Å². The van der Waals surface area contributed by atoms with Gasteiger partial charge in [0, 0.05) is 15.4 Å². The highest BCUT2D eigenvalue weighted by Gasteiger charge is 2.08. The Morgan fingerprint density at radius 1 is 1.29 bits per heavy atom. The summed E-state index contributed by atoms with van der Waals surface area (Å²) in [7, 11) is 0. The first-order chi connectivity index (χ1) is 8.06. The Hall–Kier alpha value is -0.870. The van der Waals surface area contributed by atoms with Gasteiger partial charge in [-0.1, -0.05) is 0 Å². The quantitative estimate of drug-likeness (QED) is 0.828. The van der Waals surface area contributed by atoms with E-state index in [9.17, 15) is 4.39 Å². The highest BCUT2D eigenvalue weighted by atomic mass is 79.9. The summed E-state index contributed by atoms with van der Waals surface area (Å²) in [5.41, 5.74) is 0.914. The third-order valence-corrected chi connectivity index (χ3v) is 4.28. The van der Waals surface area contributed by atoms with Crippen molar-refractivity contribution in [3.05, 3.63) is 50.4 Å². The van der Waals surface area contributed by atoms with Gasteiger partial charge in [-0.3, -0.25) is 0 Å². The highest BCUT2D eigenvalue weighted by Crippen LogP contribution is 2.27. The van der Waals surface area contributed by atoms with Crippen molar-refractivity contribution < 1.29 is 4.39 Å². The molecule has 90 valence electrons. The van der Waals surface area contributed by atoms with Crippen molar-refractivity contribution in [3.63, 3.8) is 0 Å². The van der Waals surface area contributed by atoms with Crippen LogP contribution in [-0.2, 0) is 0 Å². The monoisotopic (exact) mass is 313 g/mol. The van der Waals surface area contributed by atoms with Gasteiger partial charge in [0.15, 0.2) is 0 Å². The maximum absolute atomic E-state index is 13.1. The van der Waals surface area contributed by atoms with Crippen molar-refractivity contribution in [1.82, 2.24) is 0 Å². The topological polar surface area (TPSA) is 12.0 Å². The smallest absolute Gasteiger partial charge is 0.137 e. The summed E-state index contributed by atoms with van der Waals surface area (Å²) in [6.07, 6.45) is 0. The van der Waals surface area contributed by atoms with Gasteiger partial charge in [-0.15, -0.1) is 11.3 Å². The molecule has 0 bridgehead atoms. The van der Waals surface area contributed by atoms with E-state index >= 15 is 0 Å². The molecule has 1 atom stereocenters. The fourth-order valence-corrected chi connectivity index (χ4v) is 2.85. The molecular formula is C13H13BrFNS. The van der Waals surface area contributed by atoms with Crippen molar-refractivity contribution in [3.8, 4) is 0 Å². The van der Waals surface area contributed by atoms with Gasteiger partial charge in [-0.05, 0) is 60.1 Å². The minimum Gasteiger partial charge on any atom is -0.378 e. The molecule has 0 aliphatic heterocycles. The minimum atomic E-state index is -0.241. The molecule has 0 aliphatic carbocycles. The van der Waals surface area contributed by atoms with Gasteiger partial charge >= 0.3 is 0 Å². The number of aryl methyl sites for hydroxylation is 1. The van der Waals surface area contributed by atoms with Crippen molar-refractivity contribution in [2.45, 2.75) is 19.9 Å². The van der Waals surface area contributed by atoms with Gasteiger partial charge in [0.2, 0.25) is 0 Å². The van der Waals surface area contributed by atoms with Crippen molar-refractivity contribution >= 4 is 33.0 Å². The van der Waals surface area contributed by atoms with Crippen LogP contribution in [0.4, 0.5) is 10.1 Å². The summed E-state index contributed by atoms with van der Waals surface area (Å²) < 4.78 is 13.6. The zero-order valence-corrected chi connectivity index (χ0v) is 12.0. The first-order valence-corrected chi connectivity index (χ1v) is 6.95. The van der Waals surface area contributed by atoms with E-state index in [0.29, 0.717) is 4.47 Å². The minimum absolute atomic E-state index is 0.228. The predicted molar refractivity (Wildman–Crippen MR) is 75.2 cm³/mol. The molecule has 0 saturated carbocycles. The third kappa shape index (κ3) is 3.07. The van der Waals surface area contributed by atoms with Crippen LogP contribution in [0.2, 0.25) is 0 Å². The lowest BCUT2D eigenvalue weighted by atomic mass is 10.2. The van der Waals surface area contributed by atoms with Crippen LogP contribution in [0.5, 0.6) is 0 Å². The van der Waals surface area contributed by atoms with Crippen LogP contribution in [0.1, 0.15) is 22.7 Å². The Morgan fingerprint density at radius 3 is 2.65 bits per heavy atom. The average Bonchev–Trinajstić information content (AvgIpc) is 2.70. The molecule has 0 radical (unpaired) electrons. The van der Waals surface area contributed by atoms with E-state index in [1.807, 2.05) is 0 Å². The predicted octanol–water partition coefficient (Wildman–Crippen LogP) is 5.13. The Balaban J connectivity index is 2.12. The molecule has 1 nitrogen and oxygen atoms in total. The second-order valence-corrected chi connectivity index (χ2v) is 6.12. The number of thiophene rings is 1. The molecule has 1 aromatic carbocycles. The van der Waals surface area contributed by atoms with E-state index in [4.69, 9.17) is 0 Å². The molecule has 1 unspecified atom stereocenters. The zero-order chi connectivity index (χ0) is 12.4. The molecule has 2 rings (SSSR count). The number of nitrogens with one attached hydrogen (secondary N) is 1. The maximum Gasteiger partial charge on any atom is 0.137 e. The van der Waals surface area contributed by atoms with Crippen LogP contribution < -0.4 is 5.32 Å². The maximum atomic E-state index is 13.1. The van der Waals surface area contributed by atoms with E-state index in [-0.39, 0.29) is 11.9 Å². The van der Waals surface area contributed by atoms with Crippen molar-refractivity contribution in [2.75, 3.05) is 5.32 Å². The number of rotatable bonds is 3. The molecule has 17 heavy (non-hydrogen) atoms. The van der Waals surface area contributed by atoms with Gasteiger partial charge in [0.1, 0.15) is 5.82 Å². The summed E-state index contributed by atoms with van der Waals surface area (Å²) in [6.45, 7) is 4.19. The number of anilines is 1. The largest absolute Gasteiger partial charge is 0.378 e. The second kappa shape index (κ2) is 5.19. The molecule has 1 heterocycles. The molecular weight excluding hydrogens is 301 g/mol. The van der Waals surface area contributed by atoms with Gasteiger partial charge in [-0.25, -0.2) is 4.39 Å². The van der Waals surface area contributed by atoms with Crippen molar-refractivity contribution in [2.24, 2.45) is 0 Å². The molecule has 0 saturated heterocycles. The van der Waals surface area contributed by atoms with E-state index in [1.165, 1.54) is 15.8 Å². The standard InChI is InChI=1S/C13H13BrFNS/c1-8-3-6-13(17-8)9(2)16-10-4-5-12(15)11(14)7-10/h3-7,9,16H,1-2H3. The van der Waals surface area contributed by atoms with Crippen LogP contribution in [0.15, 0.2) is 34.8 Å². The molecule has 1 aromatic heterocycles. The van der Waals surface area contributed by atoms with Crippen LogP contribution in [0.25, 0.3) is 0 Å². The van der Waals surface area contributed by atoms with Crippen LogP contribution >= 0.6 is 27.3 Å². The van der Waals surface area contributed by atoms with Gasteiger partial charge in [0.05, 0.1) is 10.5 Å². The Kier molecular flexibility index (Phi) is 3.84. The molecule has 1 N–H and O–H groups in total. The first-order valence-electron chi connectivity index (χ1n) is 5.34. The SMILES string of the molecule is Cc1ccc(C(C)Nc2ccc(F)c(Br)c2)s1. The molecule has 0 aliphatic rings. The second-order valence-electron chi connectivity index (χ2n) is 3.94. The van der Waals surface area contributed by atoms with E-state index in [2.05, 4.69) is 47.2 Å². The first kappa shape index (κ1) is 12.6. The van der Waals surface area contributed by atoms with E-state index < -0.39 is 0 Å². The Morgan fingerprint density at radius 2 is 2.06 bits per heavy atom. The fraction of sp³-hybridized carbons (Fsp3) is 0.231. The third-order valence-electron chi connectivity index (χ3n) is 2.49. The van der Waals surface area contributed by atoms with Crippen LogP contribution in [-0.4, -0.2) is 0 Å². The summed E-state index contributed by atoms with van der Waals surface area (Å²) in [6, 6.07) is 9.42. The summed E-state index contributed by atoms with van der Waals surface area (Å²) >= 11 is 4.96. The Labute approximate surface area is 113 Å². The Bertz CT molecular complexity index is 524. The normalized spacial score (nSPS) is 12.5. The molecule has 0 amide bonds. The van der Waals surface area contributed by atoms with Crippen molar-refractivity contribution in [1.29, 1.82) is 0 Å². The number of halogens is 2. The lowest BCUT2D eigenvalue weighted by Gasteiger charge is -2.14. The fourth-order valence-electron chi connectivity index (χ4n) is 1.59. The summed E-state index contributed by atoms with van der Waals surface area (Å²) in [5.74, 6) is -0.241. The number of benzene rings is 1.